The number of aromatic nitrogens is 3. The Morgan fingerprint density at radius 1 is 1.23 bits per heavy atom. The number of alkyl halides is 3. The average molecular weight is 378 g/mol. The minimum absolute atomic E-state index is 0.0127. The first kappa shape index (κ1) is 20.0. The second-order valence-electron chi connectivity index (χ2n) is 6.02. The standard InChI is InChI=1S/C15H21F3N4O4/c1-3-26-12(24)5-4-11(23)21-8-6-10(7-9-21)22-14(25)20(2)13(19-22)15(16,17)18/h10H,3-9H2,1-2H3. The van der Waals surface area contributed by atoms with E-state index in [2.05, 4.69) is 5.10 Å². The summed E-state index contributed by atoms with van der Waals surface area (Å²) in [6.45, 7) is 2.50. The highest BCUT2D eigenvalue weighted by Gasteiger charge is 2.39. The summed E-state index contributed by atoms with van der Waals surface area (Å²) in [5.41, 5.74) is -0.829. The molecule has 0 aromatic carbocycles. The zero-order valence-corrected chi connectivity index (χ0v) is 14.6. The predicted octanol–water partition coefficient (Wildman–Crippen LogP) is 1.11. The number of amides is 1. The maximum atomic E-state index is 12.9. The molecule has 0 N–H and O–H groups in total. The SMILES string of the molecule is CCOC(=O)CCC(=O)N1CCC(n2nc(C(F)(F)F)n(C)c2=O)CC1. The van der Waals surface area contributed by atoms with Crippen LogP contribution in [-0.4, -0.2) is 50.8 Å². The van der Waals surface area contributed by atoms with Crippen molar-refractivity contribution in [2.75, 3.05) is 19.7 Å². The molecular formula is C15H21F3N4O4. The number of nitrogens with zero attached hydrogens (tertiary/aromatic N) is 4. The maximum Gasteiger partial charge on any atom is 0.451 e. The molecule has 146 valence electrons. The van der Waals surface area contributed by atoms with Crippen molar-refractivity contribution in [1.29, 1.82) is 0 Å². The fraction of sp³-hybridized carbons (Fsp3) is 0.733. The molecule has 1 aromatic heterocycles. The van der Waals surface area contributed by atoms with Crippen molar-refractivity contribution in [2.45, 2.75) is 44.8 Å². The lowest BCUT2D eigenvalue weighted by Gasteiger charge is -2.31. The number of carbonyl (C=O) groups excluding carboxylic acids is 2. The maximum absolute atomic E-state index is 12.9. The van der Waals surface area contributed by atoms with Crippen LogP contribution in [0.3, 0.4) is 0 Å². The number of hydrogen-bond acceptors (Lipinski definition) is 5. The summed E-state index contributed by atoms with van der Waals surface area (Å²) in [7, 11) is 1.03. The summed E-state index contributed by atoms with van der Waals surface area (Å²) >= 11 is 0. The lowest BCUT2D eigenvalue weighted by Crippen LogP contribution is -2.41. The highest BCUT2D eigenvalue weighted by molar-refractivity contribution is 5.81. The normalized spacial score (nSPS) is 16.0. The highest BCUT2D eigenvalue weighted by Crippen LogP contribution is 2.28. The first-order valence-electron chi connectivity index (χ1n) is 8.31. The molecule has 1 aliphatic heterocycles. The van der Waals surface area contributed by atoms with E-state index in [1.54, 1.807) is 6.92 Å². The first-order valence-corrected chi connectivity index (χ1v) is 8.31. The highest BCUT2D eigenvalue weighted by atomic mass is 19.4. The average Bonchev–Trinajstić information content (AvgIpc) is 2.89. The largest absolute Gasteiger partial charge is 0.466 e. The Balaban J connectivity index is 1.96. The number of likely N-dealkylation sites (tertiary alicyclic amines) is 1. The number of carbonyl (C=O) groups is 2. The molecule has 0 saturated carbocycles. The van der Waals surface area contributed by atoms with Crippen LogP contribution < -0.4 is 5.69 Å². The van der Waals surface area contributed by atoms with Gasteiger partial charge in [0.05, 0.1) is 19.1 Å². The molecule has 1 aliphatic rings. The summed E-state index contributed by atoms with van der Waals surface area (Å²) in [6, 6.07) is -0.501. The second-order valence-corrected chi connectivity index (χ2v) is 6.02. The van der Waals surface area contributed by atoms with Crippen LogP contribution in [0, 0.1) is 0 Å². The van der Waals surface area contributed by atoms with Crippen LogP contribution >= 0.6 is 0 Å². The zero-order chi connectivity index (χ0) is 19.5. The Hall–Kier alpha value is -2.33. The quantitative estimate of drug-likeness (QED) is 0.717. The van der Waals surface area contributed by atoms with Gasteiger partial charge in [0, 0.05) is 26.6 Å². The van der Waals surface area contributed by atoms with Gasteiger partial charge in [-0.15, -0.1) is 5.10 Å². The molecule has 0 unspecified atom stereocenters. The summed E-state index contributed by atoms with van der Waals surface area (Å²) in [5, 5.41) is 3.43. The third-order valence-corrected chi connectivity index (χ3v) is 4.27. The minimum Gasteiger partial charge on any atom is -0.466 e. The van der Waals surface area contributed by atoms with Crippen LogP contribution in [0.5, 0.6) is 0 Å². The van der Waals surface area contributed by atoms with E-state index in [0.29, 0.717) is 17.4 Å². The Morgan fingerprint density at radius 2 is 1.85 bits per heavy atom. The lowest BCUT2D eigenvalue weighted by atomic mass is 10.0. The van der Waals surface area contributed by atoms with Gasteiger partial charge >= 0.3 is 17.8 Å². The molecule has 0 radical (unpaired) electrons. The van der Waals surface area contributed by atoms with E-state index in [4.69, 9.17) is 4.74 Å². The van der Waals surface area contributed by atoms with Gasteiger partial charge < -0.3 is 9.64 Å². The van der Waals surface area contributed by atoms with Crippen LogP contribution in [0.2, 0.25) is 0 Å². The summed E-state index contributed by atoms with van der Waals surface area (Å²) in [4.78, 5) is 36.9. The minimum atomic E-state index is -4.71. The van der Waals surface area contributed by atoms with E-state index in [1.165, 1.54) is 4.90 Å². The van der Waals surface area contributed by atoms with Gasteiger partial charge in [-0.1, -0.05) is 0 Å². The summed E-state index contributed by atoms with van der Waals surface area (Å²) in [6.07, 6.45) is -4.06. The van der Waals surface area contributed by atoms with Crippen molar-refractivity contribution in [3.63, 3.8) is 0 Å². The molecule has 1 fully saturated rings. The fourth-order valence-corrected chi connectivity index (χ4v) is 2.90. The topological polar surface area (TPSA) is 86.4 Å². The van der Waals surface area contributed by atoms with Crippen LogP contribution in [0.4, 0.5) is 13.2 Å². The molecule has 0 spiro atoms. The number of halogens is 3. The van der Waals surface area contributed by atoms with E-state index in [1.807, 2.05) is 0 Å². The van der Waals surface area contributed by atoms with Crippen molar-refractivity contribution in [1.82, 2.24) is 19.2 Å². The number of esters is 1. The molecule has 1 aromatic rings. The van der Waals surface area contributed by atoms with Gasteiger partial charge in [0.15, 0.2) is 0 Å². The van der Waals surface area contributed by atoms with E-state index < -0.39 is 29.7 Å². The van der Waals surface area contributed by atoms with Gasteiger partial charge in [-0.25, -0.2) is 9.48 Å². The third kappa shape index (κ3) is 4.44. The molecule has 2 heterocycles. The van der Waals surface area contributed by atoms with Gasteiger partial charge in [-0.2, -0.15) is 13.2 Å². The van der Waals surface area contributed by atoms with Crippen LogP contribution in [0.25, 0.3) is 0 Å². The molecule has 8 nitrogen and oxygen atoms in total. The van der Waals surface area contributed by atoms with Gasteiger partial charge in [0.1, 0.15) is 0 Å². The Labute approximate surface area is 147 Å². The third-order valence-electron chi connectivity index (χ3n) is 4.27. The molecular weight excluding hydrogens is 357 g/mol. The summed E-state index contributed by atoms with van der Waals surface area (Å²) < 4.78 is 44.7. The van der Waals surface area contributed by atoms with E-state index in [0.717, 1.165) is 11.7 Å². The monoisotopic (exact) mass is 378 g/mol. The molecule has 11 heteroatoms. The Bertz CT molecular complexity index is 717. The van der Waals surface area contributed by atoms with Gasteiger partial charge in [0.2, 0.25) is 11.7 Å². The zero-order valence-electron chi connectivity index (χ0n) is 14.6. The fourth-order valence-electron chi connectivity index (χ4n) is 2.90. The summed E-state index contributed by atoms with van der Waals surface area (Å²) in [5.74, 6) is -1.91. The number of hydrogen-bond donors (Lipinski definition) is 0. The van der Waals surface area contributed by atoms with Crippen LogP contribution in [0.15, 0.2) is 4.79 Å². The van der Waals surface area contributed by atoms with Gasteiger partial charge in [-0.3, -0.25) is 14.2 Å². The van der Waals surface area contributed by atoms with Gasteiger partial charge in [0.25, 0.3) is 0 Å². The first-order chi connectivity index (χ1) is 12.1. The van der Waals surface area contributed by atoms with Crippen molar-refractivity contribution >= 4 is 11.9 Å². The number of ether oxygens (including phenoxy) is 1. The lowest BCUT2D eigenvalue weighted by molar-refractivity contribution is -0.147. The smallest absolute Gasteiger partial charge is 0.451 e. The molecule has 1 amide bonds. The van der Waals surface area contributed by atoms with E-state index >= 15 is 0 Å². The van der Waals surface area contributed by atoms with Crippen LogP contribution in [0.1, 0.15) is 44.5 Å². The van der Waals surface area contributed by atoms with Gasteiger partial charge in [-0.05, 0) is 19.8 Å². The molecule has 2 rings (SSSR count). The van der Waals surface area contributed by atoms with Crippen molar-refractivity contribution in [3.05, 3.63) is 16.3 Å². The Morgan fingerprint density at radius 3 is 2.35 bits per heavy atom. The van der Waals surface area contributed by atoms with Crippen molar-refractivity contribution in [2.24, 2.45) is 7.05 Å². The predicted molar refractivity (Wildman–Crippen MR) is 83.2 cm³/mol. The number of rotatable bonds is 5. The van der Waals surface area contributed by atoms with E-state index in [-0.39, 0.29) is 38.4 Å². The Kier molecular flexibility index (Phi) is 6.09. The number of piperidine rings is 1. The van der Waals surface area contributed by atoms with E-state index in [9.17, 15) is 27.6 Å². The van der Waals surface area contributed by atoms with Crippen LogP contribution in [-0.2, 0) is 27.5 Å². The molecule has 26 heavy (non-hydrogen) atoms. The van der Waals surface area contributed by atoms with Crippen molar-refractivity contribution < 1.29 is 27.5 Å². The second kappa shape index (κ2) is 7.92. The molecule has 0 atom stereocenters. The molecule has 0 bridgehead atoms. The van der Waals surface area contributed by atoms with Crippen molar-refractivity contribution in [3.8, 4) is 0 Å². The molecule has 0 aliphatic carbocycles. The molecule has 1 saturated heterocycles.